The predicted octanol–water partition coefficient (Wildman–Crippen LogP) is 3.50. The van der Waals surface area contributed by atoms with Gasteiger partial charge in [0, 0.05) is 29.3 Å². The summed E-state index contributed by atoms with van der Waals surface area (Å²) in [7, 11) is 1.88. The molecule has 0 N–H and O–H groups in total. The molecule has 1 aliphatic heterocycles. The summed E-state index contributed by atoms with van der Waals surface area (Å²) in [4.78, 5) is 0. The molecule has 1 aliphatic rings. The van der Waals surface area contributed by atoms with Crippen molar-refractivity contribution in [3.8, 4) is 5.75 Å². The van der Waals surface area contributed by atoms with Gasteiger partial charge in [-0.05, 0) is 53.4 Å². The molecule has 0 saturated carbocycles. The van der Waals surface area contributed by atoms with Crippen LogP contribution in [0.5, 0.6) is 5.75 Å². The van der Waals surface area contributed by atoms with E-state index in [-0.39, 0.29) is 5.75 Å². The lowest BCUT2D eigenvalue weighted by Gasteiger charge is -2.35. The van der Waals surface area contributed by atoms with Crippen LogP contribution in [0.1, 0.15) is 18.4 Å². The zero-order valence-electron chi connectivity index (χ0n) is 11.8. The first kappa shape index (κ1) is 17.1. The SMILES string of the molecule is Cc1ccc(OCC2(CS(=O)(=O)Cl)CCOCC2)c(Br)c1. The van der Waals surface area contributed by atoms with E-state index in [4.69, 9.17) is 20.2 Å². The molecule has 0 atom stereocenters. The number of rotatable bonds is 5. The molecule has 1 saturated heterocycles. The van der Waals surface area contributed by atoms with Crippen LogP contribution in [0.15, 0.2) is 22.7 Å². The number of ether oxygens (including phenoxy) is 2. The molecule has 0 aromatic heterocycles. The summed E-state index contributed by atoms with van der Waals surface area (Å²) in [5.74, 6) is 0.618. The first-order valence-corrected chi connectivity index (χ1v) is 9.96. The molecule has 2 rings (SSSR count). The molecule has 1 aromatic carbocycles. The van der Waals surface area contributed by atoms with Crippen molar-refractivity contribution in [2.45, 2.75) is 19.8 Å². The summed E-state index contributed by atoms with van der Waals surface area (Å²) in [6.45, 7) is 3.37. The Bertz CT molecular complexity index is 597. The fraction of sp³-hybridized carbons (Fsp3) is 0.571. The maximum atomic E-state index is 11.5. The van der Waals surface area contributed by atoms with Crippen LogP contribution >= 0.6 is 26.6 Å². The highest BCUT2D eigenvalue weighted by Gasteiger charge is 2.37. The molecular weight excluding hydrogens is 380 g/mol. The van der Waals surface area contributed by atoms with Gasteiger partial charge in [0.05, 0.1) is 16.8 Å². The Labute approximate surface area is 138 Å². The lowest BCUT2D eigenvalue weighted by atomic mass is 9.83. The average Bonchev–Trinajstić information content (AvgIpc) is 2.37. The number of hydrogen-bond acceptors (Lipinski definition) is 4. The van der Waals surface area contributed by atoms with Crippen molar-refractivity contribution in [3.05, 3.63) is 28.2 Å². The molecule has 118 valence electrons. The monoisotopic (exact) mass is 396 g/mol. The Balaban J connectivity index is 2.12. The fourth-order valence-corrected chi connectivity index (χ4v) is 4.86. The van der Waals surface area contributed by atoms with Crippen molar-refractivity contribution < 1.29 is 17.9 Å². The van der Waals surface area contributed by atoms with Crippen LogP contribution in [-0.2, 0) is 13.8 Å². The van der Waals surface area contributed by atoms with E-state index in [1.54, 1.807) is 0 Å². The molecule has 0 unspecified atom stereocenters. The van der Waals surface area contributed by atoms with Gasteiger partial charge >= 0.3 is 0 Å². The lowest BCUT2D eigenvalue weighted by Crippen LogP contribution is -2.40. The standard InChI is InChI=1S/C14H18BrClO4S/c1-11-2-3-13(12(15)8-11)20-9-14(10-21(16,17)18)4-6-19-7-5-14/h2-3,8H,4-7,9-10H2,1H3. The number of hydrogen-bond donors (Lipinski definition) is 0. The maximum absolute atomic E-state index is 11.5. The molecule has 21 heavy (non-hydrogen) atoms. The van der Waals surface area contributed by atoms with E-state index < -0.39 is 14.5 Å². The highest BCUT2D eigenvalue weighted by atomic mass is 79.9. The van der Waals surface area contributed by atoms with Crippen LogP contribution in [0.3, 0.4) is 0 Å². The van der Waals surface area contributed by atoms with Gasteiger partial charge in [-0.3, -0.25) is 0 Å². The number of benzene rings is 1. The largest absolute Gasteiger partial charge is 0.492 e. The third-order valence-corrected chi connectivity index (χ3v) is 5.56. The van der Waals surface area contributed by atoms with E-state index >= 15 is 0 Å². The summed E-state index contributed by atoms with van der Waals surface area (Å²) >= 11 is 3.46. The molecule has 1 fully saturated rings. The van der Waals surface area contributed by atoms with Gasteiger partial charge in [0.1, 0.15) is 5.75 Å². The molecule has 0 aliphatic carbocycles. The average molecular weight is 398 g/mol. The van der Waals surface area contributed by atoms with E-state index in [1.807, 2.05) is 25.1 Å². The molecule has 0 spiro atoms. The first-order valence-electron chi connectivity index (χ1n) is 6.69. The van der Waals surface area contributed by atoms with E-state index in [2.05, 4.69) is 15.9 Å². The predicted molar refractivity (Wildman–Crippen MR) is 86.5 cm³/mol. The van der Waals surface area contributed by atoms with Gasteiger partial charge < -0.3 is 9.47 Å². The van der Waals surface area contributed by atoms with Gasteiger partial charge in [-0.15, -0.1) is 0 Å². The van der Waals surface area contributed by atoms with Gasteiger partial charge in [-0.2, -0.15) is 0 Å². The smallest absolute Gasteiger partial charge is 0.233 e. The van der Waals surface area contributed by atoms with Crippen LogP contribution < -0.4 is 4.74 Å². The minimum atomic E-state index is -3.58. The van der Waals surface area contributed by atoms with E-state index in [0.717, 1.165) is 10.0 Å². The van der Waals surface area contributed by atoms with Gasteiger partial charge in [0.25, 0.3) is 0 Å². The second kappa shape index (κ2) is 6.86. The first-order chi connectivity index (χ1) is 9.80. The van der Waals surface area contributed by atoms with Crippen molar-refractivity contribution >= 4 is 35.7 Å². The van der Waals surface area contributed by atoms with Crippen molar-refractivity contribution in [2.75, 3.05) is 25.6 Å². The minimum absolute atomic E-state index is 0.0889. The summed E-state index contributed by atoms with van der Waals surface area (Å²) in [5, 5.41) is 0. The van der Waals surface area contributed by atoms with E-state index in [0.29, 0.717) is 38.4 Å². The molecule has 0 bridgehead atoms. The van der Waals surface area contributed by atoms with Crippen molar-refractivity contribution in [1.82, 2.24) is 0 Å². The lowest BCUT2D eigenvalue weighted by molar-refractivity contribution is 0.00214. The van der Waals surface area contributed by atoms with E-state index in [1.165, 1.54) is 0 Å². The topological polar surface area (TPSA) is 52.6 Å². The van der Waals surface area contributed by atoms with Gasteiger partial charge in [0.2, 0.25) is 9.05 Å². The summed E-state index contributed by atoms with van der Waals surface area (Å²) < 4.78 is 35.0. The fourth-order valence-electron chi connectivity index (χ4n) is 2.45. The summed E-state index contributed by atoms with van der Waals surface area (Å²) in [6.07, 6.45) is 1.25. The van der Waals surface area contributed by atoms with Crippen LogP contribution in [0.4, 0.5) is 0 Å². The second-order valence-electron chi connectivity index (χ2n) is 5.52. The number of halogens is 2. The summed E-state index contributed by atoms with van der Waals surface area (Å²) in [6, 6.07) is 5.79. The van der Waals surface area contributed by atoms with Crippen LogP contribution in [0, 0.1) is 12.3 Å². The van der Waals surface area contributed by atoms with Gasteiger partial charge in [0.15, 0.2) is 0 Å². The van der Waals surface area contributed by atoms with Crippen molar-refractivity contribution in [1.29, 1.82) is 0 Å². The molecule has 4 nitrogen and oxygen atoms in total. The van der Waals surface area contributed by atoms with Gasteiger partial charge in [-0.1, -0.05) is 6.07 Å². The Morgan fingerprint density at radius 2 is 2.05 bits per heavy atom. The molecular formula is C14H18BrClO4S. The molecule has 0 amide bonds. The van der Waals surface area contributed by atoms with Crippen LogP contribution in [0.25, 0.3) is 0 Å². The highest BCUT2D eigenvalue weighted by molar-refractivity contribution is 9.10. The Hall–Kier alpha value is -0.300. The zero-order valence-corrected chi connectivity index (χ0v) is 14.9. The summed E-state index contributed by atoms with van der Waals surface area (Å²) in [5.41, 5.74) is 0.640. The van der Waals surface area contributed by atoms with Crippen molar-refractivity contribution in [3.63, 3.8) is 0 Å². The molecule has 1 heterocycles. The third-order valence-electron chi connectivity index (χ3n) is 3.65. The Morgan fingerprint density at radius 3 is 2.62 bits per heavy atom. The van der Waals surface area contributed by atoms with Crippen molar-refractivity contribution in [2.24, 2.45) is 5.41 Å². The highest BCUT2D eigenvalue weighted by Crippen LogP contribution is 2.35. The maximum Gasteiger partial charge on any atom is 0.233 e. The normalized spacial score (nSPS) is 18.4. The van der Waals surface area contributed by atoms with Crippen LogP contribution in [0.2, 0.25) is 0 Å². The Morgan fingerprint density at radius 1 is 1.38 bits per heavy atom. The second-order valence-corrected chi connectivity index (χ2v) is 9.15. The molecule has 7 heteroatoms. The minimum Gasteiger partial charge on any atom is -0.492 e. The third kappa shape index (κ3) is 5.13. The quantitative estimate of drug-likeness (QED) is 0.714. The molecule has 0 radical (unpaired) electrons. The Kier molecular flexibility index (Phi) is 5.57. The number of aryl methyl sites for hydroxylation is 1. The zero-order chi connectivity index (χ0) is 15.5. The van der Waals surface area contributed by atoms with Crippen LogP contribution in [-0.4, -0.2) is 34.0 Å². The van der Waals surface area contributed by atoms with E-state index in [9.17, 15) is 8.42 Å². The molecule has 1 aromatic rings. The van der Waals surface area contributed by atoms with Gasteiger partial charge in [-0.25, -0.2) is 8.42 Å².